The van der Waals surface area contributed by atoms with Crippen molar-refractivity contribution in [3.63, 3.8) is 0 Å². The van der Waals surface area contributed by atoms with Gasteiger partial charge < -0.3 is 9.45 Å². The van der Waals surface area contributed by atoms with E-state index in [0.29, 0.717) is 12.5 Å². The molecule has 2 fully saturated rings. The van der Waals surface area contributed by atoms with Crippen LogP contribution in [0.4, 0.5) is 0 Å². The Morgan fingerprint density at radius 2 is 1.74 bits per heavy atom. The third-order valence-corrected chi connectivity index (χ3v) is 10.1. The maximum atomic E-state index is 13.1. The molecule has 0 spiro atoms. The van der Waals surface area contributed by atoms with Crippen LogP contribution in [0.2, 0.25) is 0 Å². The van der Waals surface area contributed by atoms with Gasteiger partial charge in [0, 0.05) is 30.0 Å². The second kappa shape index (κ2) is 10.1. The molecule has 1 N–H and O–H groups in total. The molecule has 1 aromatic carbocycles. The van der Waals surface area contributed by atoms with Crippen molar-refractivity contribution in [3.8, 4) is 0 Å². The van der Waals surface area contributed by atoms with Gasteiger partial charge in [-0.1, -0.05) is 30.3 Å². The van der Waals surface area contributed by atoms with Crippen LogP contribution in [0, 0.1) is 5.92 Å². The quantitative estimate of drug-likeness (QED) is 0.563. The van der Waals surface area contributed by atoms with Gasteiger partial charge >= 0.3 is 0 Å². The van der Waals surface area contributed by atoms with Gasteiger partial charge in [-0.2, -0.15) is 4.31 Å². The molecule has 0 aromatic heterocycles. The first-order chi connectivity index (χ1) is 14.5. The van der Waals surface area contributed by atoms with Crippen LogP contribution in [0.1, 0.15) is 52.0 Å². The van der Waals surface area contributed by atoms with E-state index in [1.165, 1.54) is 5.56 Å². The Kier molecular flexibility index (Phi) is 8.14. The number of sulfonamides is 1. The minimum absolute atomic E-state index is 0.0668. The second-order valence-corrected chi connectivity index (χ2v) is 14.4. The second-order valence-electron chi connectivity index (χ2n) is 10.4. The molecule has 2 heterocycles. The van der Waals surface area contributed by atoms with Crippen LogP contribution in [-0.4, -0.2) is 71.4 Å². The Morgan fingerprint density at radius 3 is 2.26 bits per heavy atom. The van der Waals surface area contributed by atoms with Gasteiger partial charge in [0.25, 0.3) is 0 Å². The van der Waals surface area contributed by atoms with Crippen molar-refractivity contribution in [2.75, 3.05) is 26.4 Å². The van der Waals surface area contributed by atoms with Crippen molar-refractivity contribution >= 4 is 21.4 Å². The number of benzene rings is 1. The maximum Gasteiger partial charge on any atom is 0.215 e. The number of nitrogens with one attached hydrogen (secondary N) is 1. The lowest BCUT2D eigenvalue weighted by Gasteiger charge is -2.41. The molecule has 0 radical (unpaired) electrons. The zero-order valence-electron chi connectivity index (χ0n) is 19.6. The van der Waals surface area contributed by atoms with Gasteiger partial charge in [-0.15, -0.1) is 4.72 Å². The molecule has 0 saturated carbocycles. The first-order valence-electron chi connectivity index (χ1n) is 11.4. The van der Waals surface area contributed by atoms with Crippen molar-refractivity contribution in [1.29, 1.82) is 0 Å². The summed E-state index contributed by atoms with van der Waals surface area (Å²) in [5.74, 6) is 0.488. The summed E-state index contributed by atoms with van der Waals surface area (Å²) in [6.45, 7) is 6.50. The number of nitrogens with zero attached hydrogens (tertiary/aromatic N) is 2. The predicted octanol–water partition coefficient (Wildman–Crippen LogP) is 2.78. The summed E-state index contributed by atoms with van der Waals surface area (Å²) in [5.41, 5.74) is 1.22. The number of piperidine rings is 1. The molecule has 6 nitrogen and oxygen atoms in total. The summed E-state index contributed by atoms with van der Waals surface area (Å²) in [6, 6.07) is 10.5. The molecule has 2 aliphatic rings. The first kappa shape index (κ1) is 25.0. The zero-order chi connectivity index (χ0) is 22.8. The number of rotatable bonds is 9. The van der Waals surface area contributed by atoms with Crippen LogP contribution < -0.4 is 4.72 Å². The molecule has 8 heteroatoms. The van der Waals surface area contributed by atoms with Gasteiger partial charge in [0.1, 0.15) is 4.75 Å². The largest absolute Gasteiger partial charge is 0.598 e. The highest BCUT2D eigenvalue weighted by Gasteiger charge is 2.48. The lowest BCUT2D eigenvalue weighted by molar-refractivity contribution is 0.165. The Labute approximate surface area is 192 Å². The molecule has 31 heavy (non-hydrogen) atoms. The van der Waals surface area contributed by atoms with E-state index in [4.69, 9.17) is 0 Å². The average molecular weight is 470 g/mol. The standard InChI is InChI=1S/C23H39N3O3S2/c1-23(2,3)30(27)24-22(15-18-9-7-6-8-10-18)19-16-20-11-12-21(17-19)26(20)31(28,29)14-13-25(4)5/h6-10,19-22,24H,11-17H2,1-5H3/t19-,20-,21+,22-,30-/m0/s1. The predicted molar refractivity (Wildman–Crippen MR) is 129 cm³/mol. The van der Waals surface area contributed by atoms with Crippen LogP contribution in [-0.2, 0) is 27.8 Å². The van der Waals surface area contributed by atoms with Gasteiger partial charge in [-0.05, 0) is 78.5 Å². The van der Waals surface area contributed by atoms with Crippen molar-refractivity contribution in [2.45, 2.75) is 75.7 Å². The van der Waals surface area contributed by atoms with Gasteiger partial charge in [0.05, 0.1) is 11.8 Å². The molecule has 5 atom stereocenters. The van der Waals surface area contributed by atoms with Gasteiger partial charge in [0.15, 0.2) is 0 Å². The fourth-order valence-corrected chi connectivity index (χ4v) is 7.85. The van der Waals surface area contributed by atoms with Crippen molar-refractivity contribution in [1.82, 2.24) is 13.9 Å². The van der Waals surface area contributed by atoms with Crippen molar-refractivity contribution in [3.05, 3.63) is 35.9 Å². The SMILES string of the molecule is CN(C)CCS(=O)(=O)N1[C@@H]2CC[C@H]1C[C@H]([C@H](Cc1ccccc1)N[S@@+]([O-])C(C)(C)C)C2. The molecule has 0 aliphatic carbocycles. The Hall–Kier alpha value is -0.640. The fraction of sp³-hybridized carbons (Fsp3) is 0.739. The Balaban J connectivity index is 1.76. The van der Waals surface area contributed by atoms with Crippen LogP contribution in [0.25, 0.3) is 0 Å². The summed E-state index contributed by atoms with van der Waals surface area (Å²) < 4.78 is 44.0. The smallest absolute Gasteiger partial charge is 0.215 e. The highest BCUT2D eigenvalue weighted by Crippen LogP contribution is 2.42. The summed E-state index contributed by atoms with van der Waals surface area (Å²) in [7, 11) is 0.559. The molecule has 0 amide bonds. The maximum absolute atomic E-state index is 13.1. The lowest BCUT2D eigenvalue weighted by atomic mass is 9.84. The summed E-state index contributed by atoms with van der Waals surface area (Å²) in [4.78, 5) is 1.92. The molecular weight excluding hydrogens is 430 g/mol. The molecule has 1 aromatic rings. The van der Waals surface area contributed by atoms with E-state index in [9.17, 15) is 13.0 Å². The van der Waals surface area contributed by atoms with Crippen LogP contribution in [0.5, 0.6) is 0 Å². The van der Waals surface area contributed by atoms with E-state index < -0.39 is 21.4 Å². The minimum Gasteiger partial charge on any atom is -0.598 e. The molecule has 2 bridgehead atoms. The van der Waals surface area contributed by atoms with Crippen LogP contribution >= 0.6 is 0 Å². The lowest BCUT2D eigenvalue weighted by Crippen LogP contribution is -2.54. The third kappa shape index (κ3) is 6.45. The first-order valence-corrected chi connectivity index (χ1v) is 14.1. The van der Waals surface area contributed by atoms with Gasteiger partial charge in [-0.3, -0.25) is 0 Å². The summed E-state index contributed by atoms with van der Waals surface area (Å²) in [5, 5.41) is 0. The Bertz CT molecular complexity index is 797. The zero-order valence-corrected chi connectivity index (χ0v) is 21.2. The van der Waals surface area contributed by atoms with Gasteiger partial charge in [0.2, 0.25) is 10.0 Å². The number of hydrogen-bond acceptors (Lipinski definition) is 5. The van der Waals surface area contributed by atoms with Crippen LogP contribution in [0.3, 0.4) is 0 Å². The highest BCUT2D eigenvalue weighted by molar-refractivity contribution is 7.90. The number of hydrogen-bond donors (Lipinski definition) is 1. The summed E-state index contributed by atoms with van der Waals surface area (Å²) >= 11 is -1.17. The van der Waals surface area contributed by atoms with E-state index in [1.54, 1.807) is 0 Å². The fourth-order valence-electron chi connectivity index (χ4n) is 4.85. The monoisotopic (exact) mass is 469 g/mol. The minimum atomic E-state index is -3.26. The molecule has 176 valence electrons. The van der Waals surface area contributed by atoms with E-state index in [-0.39, 0.29) is 28.6 Å². The van der Waals surface area contributed by atoms with Crippen LogP contribution in [0.15, 0.2) is 30.3 Å². The van der Waals surface area contributed by atoms with Crippen molar-refractivity contribution < 1.29 is 13.0 Å². The normalized spacial score (nSPS) is 26.9. The molecule has 0 unspecified atom stereocenters. The average Bonchev–Trinajstić information content (AvgIpc) is 2.97. The van der Waals surface area contributed by atoms with E-state index in [2.05, 4.69) is 16.9 Å². The topological polar surface area (TPSA) is 75.7 Å². The van der Waals surface area contributed by atoms with Crippen molar-refractivity contribution in [2.24, 2.45) is 5.92 Å². The Morgan fingerprint density at radius 1 is 1.16 bits per heavy atom. The third-order valence-electron chi connectivity index (χ3n) is 6.50. The van der Waals surface area contributed by atoms with Gasteiger partial charge in [-0.25, -0.2) is 8.42 Å². The molecule has 3 rings (SSSR count). The molecule has 2 saturated heterocycles. The van der Waals surface area contributed by atoms with E-state index in [1.807, 2.05) is 62.3 Å². The van der Waals surface area contributed by atoms with E-state index in [0.717, 1.165) is 32.1 Å². The summed E-state index contributed by atoms with van der Waals surface area (Å²) in [6.07, 6.45) is 4.35. The highest BCUT2D eigenvalue weighted by atomic mass is 32.2. The molecule has 2 aliphatic heterocycles. The number of fused-ring (bicyclic) bond motifs is 2. The molecular formula is C23H39N3O3S2. The van der Waals surface area contributed by atoms with E-state index >= 15 is 0 Å².